The van der Waals surface area contributed by atoms with Crippen molar-refractivity contribution in [3.8, 4) is 0 Å². The Bertz CT molecular complexity index is 247. The molecule has 0 atom stereocenters. The Labute approximate surface area is 107 Å². The van der Waals surface area contributed by atoms with Crippen molar-refractivity contribution < 1.29 is 4.80 Å². The van der Waals surface area contributed by atoms with Gasteiger partial charge in [-0.15, -0.1) is 0 Å². The van der Waals surface area contributed by atoms with Crippen molar-refractivity contribution in [1.82, 2.24) is 5.32 Å². The maximum atomic E-state index is 10.2. The lowest BCUT2D eigenvalue weighted by Crippen LogP contribution is -2.39. The van der Waals surface area contributed by atoms with Crippen molar-refractivity contribution >= 4 is 8.32 Å². The molecule has 0 aromatic carbocycles. The van der Waals surface area contributed by atoms with E-state index in [2.05, 4.69) is 19.2 Å². The molecule has 0 aliphatic heterocycles. The fourth-order valence-corrected chi connectivity index (χ4v) is 1.98. The van der Waals surface area contributed by atoms with E-state index in [0.717, 1.165) is 31.5 Å². The zero-order chi connectivity index (χ0) is 13.5. The molecular formula is C12H29N3OSi. The number of allylic oxidation sites excluding steroid dienone is 1. The zero-order valence-electron chi connectivity index (χ0n) is 11.7. The molecule has 0 radical (unpaired) electrons. The van der Waals surface area contributed by atoms with Gasteiger partial charge in [-0.1, -0.05) is 13.8 Å². The normalized spacial score (nSPS) is 13.9. The van der Waals surface area contributed by atoms with Gasteiger partial charge in [0.2, 0.25) is 0 Å². The highest BCUT2D eigenvalue weighted by Gasteiger charge is 2.37. The van der Waals surface area contributed by atoms with Crippen LogP contribution in [0.25, 0.3) is 0 Å². The first-order valence-electron chi connectivity index (χ1n) is 6.31. The van der Waals surface area contributed by atoms with Crippen LogP contribution in [0, 0.1) is 0 Å². The SMILES string of the molecule is CC(C)(CC/C(N)=C/NCCCN)[Si](C)(C)O. The summed E-state index contributed by atoms with van der Waals surface area (Å²) in [6.07, 6.45) is 4.55. The molecule has 17 heavy (non-hydrogen) atoms. The van der Waals surface area contributed by atoms with Crippen molar-refractivity contribution in [2.45, 2.75) is 51.2 Å². The Hall–Kier alpha value is -0.523. The highest BCUT2D eigenvalue weighted by Crippen LogP contribution is 2.40. The van der Waals surface area contributed by atoms with E-state index in [1.54, 1.807) is 0 Å². The minimum absolute atomic E-state index is 0.0112. The fourth-order valence-electron chi connectivity index (χ4n) is 1.24. The molecule has 0 spiro atoms. The van der Waals surface area contributed by atoms with Crippen LogP contribution in [0.4, 0.5) is 0 Å². The summed E-state index contributed by atoms with van der Waals surface area (Å²) < 4.78 is 0. The Morgan fingerprint density at radius 3 is 2.47 bits per heavy atom. The summed E-state index contributed by atoms with van der Waals surface area (Å²) >= 11 is 0. The summed E-state index contributed by atoms with van der Waals surface area (Å²) in [6.45, 7) is 9.75. The third kappa shape index (κ3) is 6.70. The molecule has 102 valence electrons. The fraction of sp³-hybridized carbons (Fsp3) is 0.833. The monoisotopic (exact) mass is 259 g/mol. The third-order valence-corrected chi connectivity index (χ3v) is 7.07. The van der Waals surface area contributed by atoms with Crippen LogP contribution >= 0.6 is 0 Å². The summed E-state index contributed by atoms with van der Waals surface area (Å²) in [7, 11) is -2.12. The lowest BCUT2D eigenvalue weighted by molar-refractivity contribution is 0.450. The molecule has 5 heteroatoms. The first-order valence-corrected chi connectivity index (χ1v) is 9.26. The van der Waals surface area contributed by atoms with E-state index >= 15 is 0 Å². The summed E-state index contributed by atoms with van der Waals surface area (Å²) in [4.78, 5) is 10.2. The van der Waals surface area contributed by atoms with Crippen molar-refractivity contribution in [2.24, 2.45) is 11.5 Å². The first-order chi connectivity index (χ1) is 7.70. The Morgan fingerprint density at radius 1 is 1.41 bits per heavy atom. The van der Waals surface area contributed by atoms with Crippen molar-refractivity contribution in [1.29, 1.82) is 0 Å². The lowest BCUT2D eigenvalue weighted by Gasteiger charge is -2.35. The molecule has 0 unspecified atom stereocenters. The summed E-state index contributed by atoms with van der Waals surface area (Å²) in [5.74, 6) is 0. The number of nitrogens with one attached hydrogen (secondary N) is 1. The smallest absolute Gasteiger partial charge is 0.188 e. The van der Waals surface area contributed by atoms with Gasteiger partial charge in [-0.05, 0) is 43.9 Å². The van der Waals surface area contributed by atoms with Gasteiger partial charge in [-0.25, -0.2) is 0 Å². The second-order valence-electron chi connectivity index (χ2n) is 5.76. The van der Waals surface area contributed by atoms with Crippen LogP contribution in [0.1, 0.15) is 33.1 Å². The van der Waals surface area contributed by atoms with E-state index in [0.29, 0.717) is 6.54 Å². The Kier molecular flexibility index (Phi) is 6.82. The molecule has 0 fully saturated rings. The van der Waals surface area contributed by atoms with E-state index < -0.39 is 8.32 Å². The van der Waals surface area contributed by atoms with Crippen LogP contribution < -0.4 is 16.8 Å². The maximum Gasteiger partial charge on any atom is 0.188 e. The molecule has 0 heterocycles. The van der Waals surface area contributed by atoms with Crippen LogP contribution in [0.3, 0.4) is 0 Å². The molecule has 0 aromatic heterocycles. The van der Waals surface area contributed by atoms with E-state index in [1.807, 2.05) is 19.3 Å². The number of rotatable bonds is 8. The molecule has 0 saturated heterocycles. The van der Waals surface area contributed by atoms with Crippen LogP contribution in [0.5, 0.6) is 0 Å². The minimum atomic E-state index is -2.12. The average Bonchev–Trinajstić information content (AvgIpc) is 2.20. The minimum Gasteiger partial charge on any atom is -0.432 e. The van der Waals surface area contributed by atoms with Gasteiger partial charge in [0, 0.05) is 18.4 Å². The van der Waals surface area contributed by atoms with Crippen LogP contribution in [-0.4, -0.2) is 26.2 Å². The van der Waals surface area contributed by atoms with Gasteiger partial charge in [0.25, 0.3) is 0 Å². The van der Waals surface area contributed by atoms with Gasteiger partial charge >= 0.3 is 0 Å². The van der Waals surface area contributed by atoms with Gasteiger partial charge in [-0.2, -0.15) is 0 Å². The van der Waals surface area contributed by atoms with Crippen molar-refractivity contribution in [3.63, 3.8) is 0 Å². The quantitative estimate of drug-likeness (QED) is 0.393. The van der Waals surface area contributed by atoms with Crippen LogP contribution in [0.15, 0.2) is 11.9 Å². The van der Waals surface area contributed by atoms with Gasteiger partial charge in [0.15, 0.2) is 8.32 Å². The average molecular weight is 259 g/mol. The molecule has 0 bridgehead atoms. The molecule has 4 nitrogen and oxygen atoms in total. The van der Waals surface area contributed by atoms with Gasteiger partial charge < -0.3 is 21.6 Å². The molecule has 0 aliphatic rings. The number of nitrogens with two attached hydrogens (primary N) is 2. The largest absolute Gasteiger partial charge is 0.432 e. The second-order valence-corrected chi connectivity index (χ2v) is 10.2. The van der Waals surface area contributed by atoms with Gasteiger partial charge in [-0.3, -0.25) is 0 Å². The number of hydrogen-bond acceptors (Lipinski definition) is 4. The van der Waals surface area contributed by atoms with E-state index in [1.165, 1.54) is 0 Å². The highest BCUT2D eigenvalue weighted by atomic mass is 28.4. The van der Waals surface area contributed by atoms with Gasteiger partial charge in [0.1, 0.15) is 0 Å². The topological polar surface area (TPSA) is 84.3 Å². The molecule has 6 N–H and O–H groups in total. The maximum absolute atomic E-state index is 10.2. The molecule has 0 aromatic rings. The standard InChI is InChI=1S/C12H29N3OSi/c1-12(2,17(3,4)16)7-6-11(14)10-15-9-5-8-13/h10,15-16H,5-9,13-14H2,1-4H3/b11-10-. The first kappa shape index (κ1) is 16.5. The molecular weight excluding hydrogens is 230 g/mol. The zero-order valence-corrected chi connectivity index (χ0v) is 12.7. The molecule has 0 rings (SSSR count). The summed E-state index contributed by atoms with van der Waals surface area (Å²) in [5, 5.41) is 3.13. The summed E-state index contributed by atoms with van der Waals surface area (Å²) in [5.41, 5.74) is 12.1. The van der Waals surface area contributed by atoms with Gasteiger partial charge in [0.05, 0.1) is 0 Å². The van der Waals surface area contributed by atoms with E-state index in [9.17, 15) is 4.80 Å². The predicted octanol–water partition coefficient (Wildman–Crippen LogP) is 1.48. The van der Waals surface area contributed by atoms with E-state index in [4.69, 9.17) is 11.5 Å². The van der Waals surface area contributed by atoms with E-state index in [-0.39, 0.29) is 5.04 Å². The third-order valence-electron chi connectivity index (χ3n) is 3.51. The summed E-state index contributed by atoms with van der Waals surface area (Å²) in [6, 6.07) is 0. The molecule has 0 amide bonds. The number of hydrogen-bond donors (Lipinski definition) is 4. The lowest BCUT2D eigenvalue weighted by atomic mass is 10.1. The highest BCUT2D eigenvalue weighted by molar-refractivity contribution is 6.72. The Morgan fingerprint density at radius 2 is 2.00 bits per heavy atom. The van der Waals surface area contributed by atoms with Crippen LogP contribution in [0.2, 0.25) is 18.1 Å². The second kappa shape index (κ2) is 7.03. The predicted molar refractivity (Wildman–Crippen MR) is 76.9 cm³/mol. The van der Waals surface area contributed by atoms with Crippen LogP contribution in [-0.2, 0) is 0 Å². The molecule has 0 saturated carbocycles. The Balaban J connectivity index is 4.02. The molecule has 0 aliphatic carbocycles. The van der Waals surface area contributed by atoms with Crippen molar-refractivity contribution in [2.75, 3.05) is 13.1 Å². The van der Waals surface area contributed by atoms with Crippen molar-refractivity contribution in [3.05, 3.63) is 11.9 Å².